The maximum Gasteiger partial charge on any atom is 0.317 e. The molecule has 8 heteroatoms. The Morgan fingerprint density at radius 2 is 1.68 bits per heavy atom. The number of para-hydroxylation sites is 1. The summed E-state index contributed by atoms with van der Waals surface area (Å²) in [4.78, 5) is 7.38. The van der Waals surface area contributed by atoms with Gasteiger partial charge in [-0.2, -0.15) is 4.52 Å². The molecule has 1 atom stereocenters. The molecule has 2 aromatic carbocycles. The highest BCUT2D eigenvalue weighted by Gasteiger charge is 2.35. The van der Waals surface area contributed by atoms with E-state index in [4.69, 9.17) is 4.98 Å². The van der Waals surface area contributed by atoms with Gasteiger partial charge < -0.3 is 9.45 Å². The third kappa shape index (κ3) is 3.21. The van der Waals surface area contributed by atoms with Gasteiger partial charge in [-0.25, -0.2) is 4.98 Å². The molecule has 1 aliphatic rings. The van der Waals surface area contributed by atoms with E-state index in [2.05, 4.69) is 15.2 Å². The fourth-order valence-electron chi connectivity index (χ4n) is 4.74. The van der Waals surface area contributed by atoms with Crippen LogP contribution in [0.25, 0.3) is 16.6 Å². The van der Waals surface area contributed by atoms with Crippen LogP contribution in [0, 0.1) is 20.8 Å². The predicted octanol–water partition coefficient (Wildman–Crippen LogP) is 4.24. The quantitative estimate of drug-likeness (QED) is 0.447. The fraction of sp³-hybridized carbons (Fsp3) is 0.348. The van der Waals surface area contributed by atoms with Gasteiger partial charge in [0.25, 0.3) is 0 Å². The summed E-state index contributed by atoms with van der Waals surface area (Å²) in [6, 6.07) is 11.6. The molecule has 0 spiro atoms. The van der Waals surface area contributed by atoms with Crippen molar-refractivity contribution < 1.29 is 8.76 Å². The van der Waals surface area contributed by atoms with E-state index in [-0.39, 0.29) is 15.6 Å². The van der Waals surface area contributed by atoms with Crippen LogP contribution in [0.5, 0.6) is 0 Å². The van der Waals surface area contributed by atoms with Crippen molar-refractivity contribution in [2.45, 2.75) is 50.0 Å². The van der Waals surface area contributed by atoms with Gasteiger partial charge in [0.2, 0.25) is 5.65 Å². The Labute approximate surface area is 182 Å². The van der Waals surface area contributed by atoms with Gasteiger partial charge in [-0.3, -0.25) is 0 Å². The molecule has 160 valence electrons. The summed E-state index contributed by atoms with van der Waals surface area (Å²) in [7, 11) is -3.89. The molecule has 7 nitrogen and oxygen atoms in total. The molecule has 0 aliphatic carbocycles. The first-order valence-electron chi connectivity index (χ1n) is 10.6. The number of anilines is 1. The lowest BCUT2D eigenvalue weighted by molar-refractivity contribution is 0.474. The van der Waals surface area contributed by atoms with Crippen molar-refractivity contribution in [2.24, 2.45) is 0 Å². The average Bonchev–Trinajstić information content (AvgIpc) is 3.18. The van der Waals surface area contributed by atoms with Crippen molar-refractivity contribution in [3.63, 3.8) is 0 Å². The van der Waals surface area contributed by atoms with Crippen molar-refractivity contribution in [1.29, 1.82) is 0 Å². The zero-order valence-corrected chi connectivity index (χ0v) is 18.8. The van der Waals surface area contributed by atoms with Gasteiger partial charge in [-0.1, -0.05) is 44.3 Å². The number of fused-ring (bicyclic) bond motifs is 3. The van der Waals surface area contributed by atoms with Crippen molar-refractivity contribution in [1.82, 2.24) is 19.8 Å². The van der Waals surface area contributed by atoms with Crippen LogP contribution in [0.3, 0.4) is 0 Å². The van der Waals surface area contributed by atoms with Crippen LogP contribution in [0.15, 0.2) is 46.3 Å². The first-order chi connectivity index (χ1) is 14.9. The Kier molecular flexibility index (Phi) is 4.79. The van der Waals surface area contributed by atoms with Crippen molar-refractivity contribution >= 4 is 32.6 Å². The van der Waals surface area contributed by atoms with E-state index in [0.29, 0.717) is 11.1 Å². The second kappa shape index (κ2) is 7.39. The molecule has 4 aromatic rings. The summed E-state index contributed by atoms with van der Waals surface area (Å²) in [5, 5.41) is 9.20. The van der Waals surface area contributed by atoms with Crippen molar-refractivity contribution in [3.05, 3.63) is 53.1 Å². The zero-order chi connectivity index (χ0) is 21.8. The highest BCUT2D eigenvalue weighted by atomic mass is 32.3. The molecule has 1 fully saturated rings. The highest BCUT2D eigenvalue weighted by Crippen LogP contribution is 2.35. The lowest BCUT2D eigenvalue weighted by Crippen LogP contribution is -2.30. The molecule has 0 amide bonds. The van der Waals surface area contributed by atoms with Crippen LogP contribution in [-0.2, 0) is 14.4 Å². The lowest BCUT2D eigenvalue weighted by atomic mass is 10.1. The van der Waals surface area contributed by atoms with E-state index < -0.39 is 10.2 Å². The molecule has 0 radical (unpaired) electrons. The molecule has 1 aliphatic heterocycles. The van der Waals surface area contributed by atoms with E-state index in [1.807, 2.05) is 57.2 Å². The van der Waals surface area contributed by atoms with Crippen molar-refractivity contribution in [3.8, 4) is 0 Å². The normalized spacial score (nSPS) is 16.7. The Hall–Kier alpha value is -2.84. The Morgan fingerprint density at radius 1 is 1.00 bits per heavy atom. The standard InChI is InChI=1S/C23H25N5O2S/c1-15-13-16(2)20(17(3)14-15)31(29,30)23-22-24-21(27-11-7-4-8-12-27)18-9-5-6-10-19(18)28(22)26-25-23/h5-6,9-10,13-14H,4,7-8,11-12H2,1-3H3. The molecule has 0 bridgehead atoms. The Bertz CT molecular complexity index is 1330. The van der Waals surface area contributed by atoms with Crippen LogP contribution in [0.1, 0.15) is 36.0 Å². The van der Waals surface area contributed by atoms with Gasteiger partial charge in [0.05, 0.1) is 5.52 Å². The van der Waals surface area contributed by atoms with Gasteiger partial charge in [0.15, 0.2) is 4.90 Å². The number of sulfone groups is 1. The molecule has 2 aromatic heterocycles. The van der Waals surface area contributed by atoms with E-state index in [1.54, 1.807) is 4.52 Å². The number of aromatic nitrogens is 4. The lowest BCUT2D eigenvalue weighted by Gasteiger charge is -2.28. The Balaban J connectivity index is 1.78. The minimum Gasteiger partial charge on any atom is -0.604 e. The summed E-state index contributed by atoms with van der Waals surface area (Å²) in [6.07, 6.45) is 3.41. The number of hydrogen-bond acceptors (Lipinski definition) is 6. The summed E-state index contributed by atoms with van der Waals surface area (Å²) < 4.78 is 29.0. The third-order valence-electron chi connectivity index (χ3n) is 5.99. The zero-order valence-electron chi connectivity index (χ0n) is 18.0. The average molecular weight is 436 g/mol. The SMILES string of the molecule is Cc1cc(C)c([S+](=O)([O-])c2nnn3c2nc(N2CCCCC2)c2ccccc23)c(C)c1. The summed E-state index contributed by atoms with van der Waals surface area (Å²) in [6.45, 7) is 7.42. The van der Waals surface area contributed by atoms with Crippen LogP contribution >= 0.6 is 0 Å². The number of aryl methyl sites for hydroxylation is 3. The number of benzene rings is 2. The van der Waals surface area contributed by atoms with Crippen LogP contribution < -0.4 is 4.90 Å². The number of rotatable bonds is 3. The minimum absolute atomic E-state index is 0.0911. The first kappa shape index (κ1) is 20.1. The van der Waals surface area contributed by atoms with Gasteiger partial charge >= 0.3 is 5.03 Å². The molecule has 31 heavy (non-hydrogen) atoms. The largest absolute Gasteiger partial charge is 0.604 e. The van der Waals surface area contributed by atoms with Gasteiger partial charge in [0, 0.05) is 29.6 Å². The maximum absolute atomic E-state index is 13.7. The van der Waals surface area contributed by atoms with Gasteiger partial charge in [-0.05, 0) is 52.2 Å². The van der Waals surface area contributed by atoms with E-state index in [0.717, 1.165) is 48.2 Å². The number of piperidine rings is 1. The summed E-state index contributed by atoms with van der Waals surface area (Å²) in [5.74, 6) is 0.805. The second-order valence-electron chi connectivity index (χ2n) is 8.36. The monoisotopic (exact) mass is 435 g/mol. The van der Waals surface area contributed by atoms with Crippen LogP contribution in [0.4, 0.5) is 5.82 Å². The van der Waals surface area contributed by atoms with E-state index >= 15 is 0 Å². The predicted molar refractivity (Wildman–Crippen MR) is 120 cm³/mol. The molecule has 1 unspecified atom stereocenters. The fourth-order valence-corrected chi connectivity index (χ4v) is 6.41. The highest BCUT2D eigenvalue weighted by molar-refractivity contribution is 7.97. The molecule has 0 saturated carbocycles. The third-order valence-corrected chi connectivity index (χ3v) is 7.94. The van der Waals surface area contributed by atoms with Crippen LogP contribution in [0.2, 0.25) is 0 Å². The molecule has 5 rings (SSSR count). The van der Waals surface area contributed by atoms with Gasteiger partial charge in [0.1, 0.15) is 16.0 Å². The number of hydrogen-bond donors (Lipinski definition) is 0. The summed E-state index contributed by atoms with van der Waals surface area (Å²) >= 11 is 0. The maximum atomic E-state index is 13.7. The smallest absolute Gasteiger partial charge is 0.317 e. The molecular weight excluding hydrogens is 410 g/mol. The van der Waals surface area contributed by atoms with Crippen molar-refractivity contribution in [2.75, 3.05) is 18.0 Å². The molecule has 0 N–H and O–H groups in total. The number of nitrogens with zero attached hydrogens (tertiary/aromatic N) is 5. The molecule has 3 heterocycles. The Morgan fingerprint density at radius 3 is 2.39 bits per heavy atom. The minimum atomic E-state index is -3.89. The van der Waals surface area contributed by atoms with E-state index in [1.165, 1.54) is 6.42 Å². The molecule has 1 saturated heterocycles. The summed E-state index contributed by atoms with van der Waals surface area (Å²) in [5.41, 5.74) is 3.52. The van der Waals surface area contributed by atoms with E-state index in [9.17, 15) is 8.76 Å². The van der Waals surface area contributed by atoms with Crippen LogP contribution in [-0.4, -0.2) is 37.5 Å². The molecular formula is C23H25N5O2S. The topological polar surface area (TPSA) is 86.4 Å². The van der Waals surface area contributed by atoms with Gasteiger partial charge in [-0.15, -0.1) is 0 Å². The second-order valence-corrected chi connectivity index (χ2v) is 10.2. The first-order valence-corrected chi connectivity index (χ1v) is 12.1.